The fourth-order valence-electron chi connectivity index (χ4n) is 1.65. The molecule has 18 heavy (non-hydrogen) atoms. The summed E-state index contributed by atoms with van der Waals surface area (Å²) in [6, 6.07) is 5.84. The van der Waals surface area contributed by atoms with E-state index in [4.69, 9.17) is 5.73 Å². The SMILES string of the molecule is CCN(CC(=O)NC(C)C)c1cccc(CN)n1. The molecule has 0 saturated heterocycles. The van der Waals surface area contributed by atoms with E-state index in [1.807, 2.05) is 43.9 Å². The van der Waals surface area contributed by atoms with Crippen molar-refractivity contribution >= 4 is 11.7 Å². The van der Waals surface area contributed by atoms with Crippen LogP contribution in [0.15, 0.2) is 18.2 Å². The minimum atomic E-state index is 0.00630. The van der Waals surface area contributed by atoms with Crippen molar-refractivity contribution in [2.75, 3.05) is 18.0 Å². The smallest absolute Gasteiger partial charge is 0.239 e. The van der Waals surface area contributed by atoms with Gasteiger partial charge in [0.25, 0.3) is 0 Å². The molecule has 0 aliphatic rings. The molecule has 0 aliphatic carbocycles. The number of aromatic nitrogens is 1. The summed E-state index contributed by atoms with van der Waals surface area (Å²) in [6.07, 6.45) is 0. The van der Waals surface area contributed by atoms with Crippen molar-refractivity contribution in [1.29, 1.82) is 0 Å². The number of nitrogens with one attached hydrogen (secondary N) is 1. The van der Waals surface area contributed by atoms with Crippen molar-refractivity contribution in [1.82, 2.24) is 10.3 Å². The number of likely N-dealkylation sites (N-methyl/N-ethyl adjacent to an activating group) is 1. The average molecular weight is 250 g/mol. The number of carbonyl (C=O) groups excluding carboxylic acids is 1. The third kappa shape index (κ3) is 4.33. The number of pyridine rings is 1. The maximum absolute atomic E-state index is 11.7. The maximum Gasteiger partial charge on any atom is 0.239 e. The molecule has 1 aromatic heterocycles. The Labute approximate surface area is 108 Å². The standard InChI is InChI=1S/C13H22N4O/c1-4-17(9-13(18)15-10(2)3)12-7-5-6-11(8-14)16-12/h5-7,10H,4,8-9,14H2,1-3H3,(H,15,18). The van der Waals surface area contributed by atoms with Gasteiger partial charge in [0.1, 0.15) is 5.82 Å². The average Bonchev–Trinajstić information content (AvgIpc) is 2.35. The number of hydrogen-bond acceptors (Lipinski definition) is 4. The lowest BCUT2D eigenvalue weighted by molar-refractivity contribution is -0.120. The summed E-state index contributed by atoms with van der Waals surface area (Å²) in [4.78, 5) is 18.1. The molecule has 1 amide bonds. The van der Waals surface area contributed by atoms with Crippen LogP contribution in [0.4, 0.5) is 5.82 Å². The van der Waals surface area contributed by atoms with E-state index in [0.717, 1.165) is 18.1 Å². The highest BCUT2D eigenvalue weighted by molar-refractivity contribution is 5.81. The third-order valence-electron chi connectivity index (χ3n) is 2.49. The number of hydrogen-bond donors (Lipinski definition) is 2. The molecule has 0 aliphatic heterocycles. The number of anilines is 1. The van der Waals surface area contributed by atoms with Gasteiger partial charge in [-0.1, -0.05) is 6.07 Å². The van der Waals surface area contributed by atoms with Crippen LogP contribution in [0, 0.1) is 0 Å². The molecular weight excluding hydrogens is 228 g/mol. The van der Waals surface area contributed by atoms with E-state index in [1.54, 1.807) is 0 Å². The van der Waals surface area contributed by atoms with Crippen LogP contribution in [-0.4, -0.2) is 30.0 Å². The Balaban J connectivity index is 2.73. The molecule has 0 aromatic carbocycles. The first-order valence-corrected chi connectivity index (χ1v) is 6.27. The van der Waals surface area contributed by atoms with Gasteiger partial charge in [0.05, 0.1) is 12.2 Å². The molecule has 5 heteroatoms. The molecule has 5 nitrogen and oxygen atoms in total. The third-order valence-corrected chi connectivity index (χ3v) is 2.49. The minimum Gasteiger partial charge on any atom is -0.352 e. The number of nitrogens with zero attached hydrogens (tertiary/aromatic N) is 2. The first kappa shape index (κ1) is 14.4. The second kappa shape index (κ2) is 6.96. The van der Waals surface area contributed by atoms with Gasteiger partial charge in [0.2, 0.25) is 5.91 Å². The van der Waals surface area contributed by atoms with E-state index in [-0.39, 0.29) is 11.9 Å². The van der Waals surface area contributed by atoms with E-state index < -0.39 is 0 Å². The minimum absolute atomic E-state index is 0.00630. The van der Waals surface area contributed by atoms with E-state index in [1.165, 1.54) is 0 Å². The van der Waals surface area contributed by atoms with E-state index in [0.29, 0.717) is 13.1 Å². The molecule has 0 fully saturated rings. The Hall–Kier alpha value is -1.62. The predicted octanol–water partition coefficient (Wildman–Crippen LogP) is 0.891. The van der Waals surface area contributed by atoms with Crippen molar-refractivity contribution in [3.63, 3.8) is 0 Å². The number of carbonyl (C=O) groups is 1. The van der Waals surface area contributed by atoms with Gasteiger partial charge in [-0.25, -0.2) is 4.98 Å². The highest BCUT2D eigenvalue weighted by Crippen LogP contribution is 2.10. The van der Waals surface area contributed by atoms with Crippen molar-refractivity contribution in [2.24, 2.45) is 5.73 Å². The lowest BCUT2D eigenvalue weighted by Gasteiger charge is -2.22. The fourth-order valence-corrected chi connectivity index (χ4v) is 1.65. The topological polar surface area (TPSA) is 71.2 Å². The van der Waals surface area contributed by atoms with Crippen molar-refractivity contribution in [3.05, 3.63) is 23.9 Å². The van der Waals surface area contributed by atoms with Crippen LogP contribution in [-0.2, 0) is 11.3 Å². The van der Waals surface area contributed by atoms with Gasteiger partial charge in [-0.2, -0.15) is 0 Å². The largest absolute Gasteiger partial charge is 0.352 e. The number of amides is 1. The summed E-state index contributed by atoms with van der Waals surface area (Å²) < 4.78 is 0. The van der Waals surface area contributed by atoms with Gasteiger partial charge in [-0.3, -0.25) is 4.79 Å². The highest BCUT2D eigenvalue weighted by atomic mass is 16.2. The fraction of sp³-hybridized carbons (Fsp3) is 0.538. The van der Waals surface area contributed by atoms with Gasteiger partial charge < -0.3 is 16.0 Å². The van der Waals surface area contributed by atoms with Crippen LogP contribution in [0.3, 0.4) is 0 Å². The molecule has 1 rings (SSSR count). The van der Waals surface area contributed by atoms with Crippen LogP contribution in [0.1, 0.15) is 26.5 Å². The molecule has 0 spiro atoms. The summed E-state index contributed by atoms with van der Waals surface area (Å²) >= 11 is 0. The lowest BCUT2D eigenvalue weighted by atomic mass is 10.3. The predicted molar refractivity (Wildman–Crippen MR) is 73.3 cm³/mol. The molecule has 0 atom stereocenters. The summed E-state index contributed by atoms with van der Waals surface area (Å²) in [5, 5.41) is 2.87. The molecule has 1 aromatic rings. The van der Waals surface area contributed by atoms with Crippen LogP contribution in [0.25, 0.3) is 0 Å². The lowest BCUT2D eigenvalue weighted by Crippen LogP contribution is -2.40. The molecular formula is C13H22N4O. The molecule has 0 radical (unpaired) electrons. The van der Waals surface area contributed by atoms with Gasteiger partial charge in [-0.05, 0) is 32.9 Å². The van der Waals surface area contributed by atoms with Crippen molar-refractivity contribution in [2.45, 2.75) is 33.4 Å². The van der Waals surface area contributed by atoms with Crippen molar-refractivity contribution < 1.29 is 4.79 Å². The first-order chi connectivity index (χ1) is 8.56. The van der Waals surface area contributed by atoms with Gasteiger partial charge in [0, 0.05) is 19.1 Å². The quantitative estimate of drug-likeness (QED) is 0.786. The van der Waals surface area contributed by atoms with Gasteiger partial charge in [-0.15, -0.1) is 0 Å². The second-order valence-corrected chi connectivity index (χ2v) is 4.43. The summed E-state index contributed by atoms with van der Waals surface area (Å²) in [5.74, 6) is 0.797. The van der Waals surface area contributed by atoms with Gasteiger partial charge >= 0.3 is 0 Å². The second-order valence-electron chi connectivity index (χ2n) is 4.43. The molecule has 100 valence electrons. The Bertz CT molecular complexity index is 392. The van der Waals surface area contributed by atoms with Crippen LogP contribution in [0.2, 0.25) is 0 Å². The Morgan fingerprint density at radius 3 is 2.78 bits per heavy atom. The zero-order chi connectivity index (χ0) is 13.5. The molecule has 1 heterocycles. The van der Waals surface area contributed by atoms with Gasteiger partial charge in [0.15, 0.2) is 0 Å². The van der Waals surface area contributed by atoms with Crippen molar-refractivity contribution in [3.8, 4) is 0 Å². The monoisotopic (exact) mass is 250 g/mol. The number of nitrogens with two attached hydrogens (primary N) is 1. The summed E-state index contributed by atoms with van der Waals surface area (Å²) in [7, 11) is 0. The zero-order valence-electron chi connectivity index (χ0n) is 11.3. The summed E-state index contributed by atoms with van der Waals surface area (Å²) in [5.41, 5.74) is 6.40. The Kier molecular flexibility index (Phi) is 5.58. The first-order valence-electron chi connectivity index (χ1n) is 6.27. The van der Waals surface area contributed by atoms with Crippen LogP contribution >= 0.6 is 0 Å². The van der Waals surface area contributed by atoms with E-state index >= 15 is 0 Å². The zero-order valence-corrected chi connectivity index (χ0v) is 11.3. The molecule has 0 unspecified atom stereocenters. The Morgan fingerprint density at radius 2 is 2.22 bits per heavy atom. The van der Waals surface area contributed by atoms with E-state index in [9.17, 15) is 4.79 Å². The molecule has 0 bridgehead atoms. The molecule has 0 saturated carbocycles. The highest BCUT2D eigenvalue weighted by Gasteiger charge is 2.11. The van der Waals surface area contributed by atoms with Crippen LogP contribution < -0.4 is 16.0 Å². The summed E-state index contributed by atoms with van der Waals surface area (Å²) in [6.45, 7) is 7.34. The Morgan fingerprint density at radius 1 is 1.50 bits per heavy atom. The van der Waals surface area contributed by atoms with E-state index in [2.05, 4.69) is 10.3 Å². The van der Waals surface area contributed by atoms with Crippen LogP contribution in [0.5, 0.6) is 0 Å². The molecule has 3 N–H and O–H groups in total. The maximum atomic E-state index is 11.7. The number of rotatable bonds is 6. The normalized spacial score (nSPS) is 10.5.